The van der Waals surface area contributed by atoms with Crippen LogP contribution in [0.4, 0.5) is 0 Å². The largest absolute Gasteiger partial charge is 0.387 e. The first-order chi connectivity index (χ1) is 10.8. The van der Waals surface area contributed by atoms with Crippen LogP contribution in [0.5, 0.6) is 0 Å². The normalized spacial score (nSPS) is 25.2. The summed E-state index contributed by atoms with van der Waals surface area (Å²) in [5, 5.41) is 9.14. The third kappa shape index (κ3) is 3.68. The zero-order chi connectivity index (χ0) is 15.4. The van der Waals surface area contributed by atoms with Gasteiger partial charge in [-0.1, -0.05) is 30.3 Å². The topological polar surface area (TPSA) is 43.8 Å². The molecule has 4 nitrogen and oxygen atoms in total. The van der Waals surface area contributed by atoms with Gasteiger partial charge in [-0.25, -0.2) is 0 Å². The van der Waals surface area contributed by atoms with Crippen molar-refractivity contribution in [2.75, 3.05) is 32.8 Å². The average molecular weight is 302 g/mol. The van der Waals surface area contributed by atoms with Crippen molar-refractivity contribution in [2.45, 2.75) is 31.7 Å². The van der Waals surface area contributed by atoms with Gasteiger partial charge in [-0.3, -0.25) is 4.79 Å². The second-order valence-electron chi connectivity index (χ2n) is 6.65. The molecule has 0 radical (unpaired) electrons. The van der Waals surface area contributed by atoms with Crippen LogP contribution in [0.15, 0.2) is 30.3 Å². The third-order valence-corrected chi connectivity index (χ3v) is 5.03. The third-order valence-electron chi connectivity index (χ3n) is 5.03. The van der Waals surface area contributed by atoms with Crippen molar-refractivity contribution < 1.29 is 9.90 Å². The van der Waals surface area contributed by atoms with E-state index in [0.717, 1.165) is 45.4 Å². The van der Waals surface area contributed by atoms with E-state index in [4.69, 9.17) is 5.11 Å². The number of nitrogens with zero attached hydrogens (tertiary/aromatic N) is 2. The van der Waals surface area contributed by atoms with Crippen LogP contribution in [0.3, 0.4) is 0 Å². The number of aryl methyl sites for hydroxylation is 1. The molecule has 3 aliphatic heterocycles. The van der Waals surface area contributed by atoms with Crippen LogP contribution in [0.2, 0.25) is 0 Å². The molecule has 3 fully saturated rings. The summed E-state index contributed by atoms with van der Waals surface area (Å²) in [6.45, 7) is 3.65. The van der Waals surface area contributed by atoms with Crippen molar-refractivity contribution in [1.29, 1.82) is 0 Å². The molecule has 3 heterocycles. The van der Waals surface area contributed by atoms with Crippen molar-refractivity contribution in [2.24, 2.45) is 5.92 Å². The summed E-state index contributed by atoms with van der Waals surface area (Å²) in [6, 6.07) is 10.9. The summed E-state index contributed by atoms with van der Waals surface area (Å²) >= 11 is 0. The van der Waals surface area contributed by atoms with E-state index in [2.05, 4.69) is 35.2 Å². The number of aliphatic hydroxyl groups excluding tert-OH is 1. The molecule has 4 heteroatoms. The Hall–Kier alpha value is -1.39. The molecule has 2 bridgehead atoms. The summed E-state index contributed by atoms with van der Waals surface area (Å²) < 4.78 is 0. The molecule has 4 rings (SSSR count). The zero-order valence-electron chi connectivity index (χ0n) is 13.2. The highest BCUT2D eigenvalue weighted by Gasteiger charge is 2.36. The first kappa shape index (κ1) is 15.5. The van der Waals surface area contributed by atoms with Crippen molar-refractivity contribution in [1.82, 2.24) is 9.80 Å². The molecule has 3 aliphatic rings. The van der Waals surface area contributed by atoms with E-state index in [1.807, 2.05) is 4.90 Å². The van der Waals surface area contributed by atoms with E-state index in [9.17, 15) is 4.79 Å². The lowest BCUT2D eigenvalue weighted by Gasteiger charge is -2.35. The second kappa shape index (κ2) is 7.25. The highest BCUT2D eigenvalue weighted by Crippen LogP contribution is 2.28. The highest BCUT2D eigenvalue weighted by molar-refractivity contribution is 5.77. The molecule has 22 heavy (non-hydrogen) atoms. The SMILES string of the molecule is O=C(CO)N1C[C@@H]2CC[C@H]1CN(CCCc1ccccc1)C2. The fourth-order valence-corrected chi connectivity index (χ4v) is 3.91. The van der Waals surface area contributed by atoms with Gasteiger partial charge >= 0.3 is 0 Å². The molecule has 3 saturated heterocycles. The van der Waals surface area contributed by atoms with Gasteiger partial charge in [-0.2, -0.15) is 0 Å². The number of fused-ring (bicyclic) bond motifs is 4. The predicted molar refractivity (Wildman–Crippen MR) is 86.5 cm³/mol. The molecule has 0 aliphatic carbocycles. The summed E-state index contributed by atoms with van der Waals surface area (Å²) in [6.07, 6.45) is 4.59. The van der Waals surface area contributed by atoms with Crippen LogP contribution in [-0.4, -0.2) is 59.6 Å². The van der Waals surface area contributed by atoms with Gasteiger partial charge in [-0.05, 0) is 43.7 Å². The number of hydrogen-bond donors (Lipinski definition) is 1. The molecule has 1 aromatic carbocycles. The summed E-state index contributed by atoms with van der Waals surface area (Å²) in [7, 11) is 0. The molecule has 2 atom stereocenters. The van der Waals surface area contributed by atoms with Gasteiger partial charge in [-0.15, -0.1) is 0 Å². The number of carbonyl (C=O) groups excluding carboxylic acids is 1. The monoisotopic (exact) mass is 302 g/mol. The first-order valence-electron chi connectivity index (χ1n) is 8.43. The van der Waals surface area contributed by atoms with Crippen molar-refractivity contribution in [3.05, 3.63) is 35.9 Å². The smallest absolute Gasteiger partial charge is 0.248 e. The van der Waals surface area contributed by atoms with Crippen LogP contribution in [0.25, 0.3) is 0 Å². The number of piperidine rings is 1. The standard InChI is InChI=1S/C18H26N2O2/c21-14-18(22)20-12-16-8-9-17(20)13-19(11-16)10-4-7-15-5-2-1-3-6-15/h1-3,5-6,16-17,21H,4,7-14H2/t16-,17+/m1/s1. The van der Waals surface area contributed by atoms with E-state index in [0.29, 0.717) is 12.0 Å². The molecule has 0 spiro atoms. The van der Waals surface area contributed by atoms with Gasteiger partial charge in [0, 0.05) is 25.7 Å². The quantitative estimate of drug-likeness (QED) is 0.897. The number of benzene rings is 1. The Kier molecular flexibility index (Phi) is 5.11. The summed E-state index contributed by atoms with van der Waals surface area (Å²) in [5.74, 6) is 0.479. The van der Waals surface area contributed by atoms with Crippen LogP contribution in [0, 0.1) is 5.92 Å². The molecule has 1 aromatic rings. The van der Waals surface area contributed by atoms with Gasteiger partial charge in [0.15, 0.2) is 0 Å². The zero-order valence-corrected chi connectivity index (χ0v) is 13.2. The maximum atomic E-state index is 11.9. The molecule has 1 amide bonds. The Balaban J connectivity index is 1.52. The number of hydrogen-bond acceptors (Lipinski definition) is 3. The molecular weight excluding hydrogens is 276 g/mol. The van der Waals surface area contributed by atoms with Gasteiger partial charge in [0.2, 0.25) is 5.91 Å². The number of carbonyl (C=O) groups is 1. The predicted octanol–water partition coefficient (Wildman–Crippen LogP) is 1.53. The maximum Gasteiger partial charge on any atom is 0.248 e. The Morgan fingerprint density at radius 2 is 1.95 bits per heavy atom. The lowest BCUT2D eigenvalue weighted by molar-refractivity contribution is -0.138. The number of rotatable bonds is 5. The van der Waals surface area contributed by atoms with Gasteiger partial charge in [0.25, 0.3) is 0 Å². The Bertz CT molecular complexity index is 491. The average Bonchev–Trinajstić information content (AvgIpc) is 2.86. The van der Waals surface area contributed by atoms with Crippen molar-refractivity contribution in [3.63, 3.8) is 0 Å². The van der Waals surface area contributed by atoms with Crippen LogP contribution >= 0.6 is 0 Å². The minimum Gasteiger partial charge on any atom is -0.387 e. The van der Waals surface area contributed by atoms with E-state index in [1.54, 1.807) is 0 Å². The minimum atomic E-state index is -0.350. The summed E-state index contributed by atoms with van der Waals surface area (Å²) in [4.78, 5) is 16.3. The number of aliphatic hydroxyl groups is 1. The maximum absolute atomic E-state index is 11.9. The first-order valence-corrected chi connectivity index (χ1v) is 8.43. The van der Waals surface area contributed by atoms with Crippen LogP contribution < -0.4 is 0 Å². The fraction of sp³-hybridized carbons (Fsp3) is 0.611. The molecule has 120 valence electrons. The lowest BCUT2D eigenvalue weighted by atomic mass is 9.95. The lowest BCUT2D eigenvalue weighted by Crippen LogP contribution is -2.48. The van der Waals surface area contributed by atoms with Gasteiger partial charge < -0.3 is 14.9 Å². The van der Waals surface area contributed by atoms with Crippen LogP contribution in [-0.2, 0) is 11.2 Å². The van der Waals surface area contributed by atoms with E-state index >= 15 is 0 Å². The fourth-order valence-electron chi connectivity index (χ4n) is 3.91. The van der Waals surface area contributed by atoms with E-state index in [-0.39, 0.29) is 12.5 Å². The van der Waals surface area contributed by atoms with Crippen molar-refractivity contribution in [3.8, 4) is 0 Å². The second-order valence-corrected chi connectivity index (χ2v) is 6.65. The highest BCUT2D eigenvalue weighted by atomic mass is 16.3. The molecule has 0 saturated carbocycles. The number of amides is 1. The molecule has 0 aromatic heterocycles. The summed E-state index contributed by atoms with van der Waals surface area (Å²) in [5.41, 5.74) is 1.40. The molecule has 0 unspecified atom stereocenters. The van der Waals surface area contributed by atoms with Gasteiger partial charge in [0.1, 0.15) is 6.61 Å². The molecular formula is C18H26N2O2. The van der Waals surface area contributed by atoms with E-state index in [1.165, 1.54) is 12.0 Å². The minimum absolute atomic E-state index is 0.0964. The van der Waals surface area contributed by atoms with Crippen molar-refractivity contribution >= 4 is 5.91 Å². The van der Waals surface area contributed by atoms with Crippen LogP contribution in [0.1, 0.15) is 24.8 Å². The Morgan fingerprint density at radius 3 is 2.73 bits per heavy atom. The van der Waals surface area contributed by atoms with Gasteiger partial charge in [0.05, 0.1) is 0 Å². The molecule has 1 N–H and O–H groups in total. The Morgan fingerprint density at radius 1 is 1.14 bits per heavy atom. The van der Waals surface area contributed by atoms with E-state index < -0.39 is 0 Å². The Labute approximate surface area is 132 Å².